The average molecular weight is 377 g/mol. The molecule has 29 heavy (non-hydrogen) atoms. The number of fused-ring (bicyclic) bond motifs is 5. The first-order valence-corrected chi connectivity index (χ1v) is 9.47. The summed E-state index contributed by atoms with van der Waals surface area (Å²) < 4.78 is 2.27. The van der Waals surface area contributed by atoms with E-state index >= 15 is 0 Å². The van der Waals surface area contributed by atoms with Crippen molar-refractivity contribution in [2.45, 2.75) is 6.42 Å². The van der Waals surface area contributed by atoms with Crippen molar-refractivity contribution in [1.29, 1.82) is 0 Å². The van der Waals surface area contributed by atoms with Gasteiger partial charge in [0.15, 0.2) is 0 Å². The smallest absolute Gasteiger partial charge is 0.276 e. The van der Waals surface area contributed by atoms with Gasteiger partial charge in [-0.3, -0.25) is 10.1 Å². The van der Waals surface area contributed by atoms with Gasteiger partial charge in [-0.1, -0.05) is 42.5 Å². The van der Waals surface area contributed by atoms with Gasteiger partial charge in [0, 0.05) is 17.9 Å². The van der Waals surface area contributed by atoms with E-state index in [0.717, 1.165) is 38.7 Å². The molecule has 1 aliphatic carbocycles. The summed E-state index contributed by atoms with van der Waals surface area (Å²) in [5.74, 6) is 0. The monoisotopic (exact) mass is 377 g/mol. The van der Waals surface area contributed by atoms with Crippen molar-refractivity contribution in [2.24, 2.45) is 0 Å². The molecule has 0 saturated carbocycles. The van der Waals surface area contributed by atoms with Crippen molar-refractivity contribution in [2.75, 3.05) is 0 Å². The Labute approximate surface area is 165 Å². The van der Waals surface area contributed by atoms with Gasteiger partial charge in [-0.25, -0.2) is 4.98 Å². The number of aromatic nitrogens is 2. The van der Waals surface area contributed by atoms with Crippen LogP contribution >= 0.6 is 0 Å². The van der Waals surface area contributed by atoms with Gasteiger partial charge in [0.2, 0.25) is 0 Å². The van der Waals surface area contributed by atoms with Gasteiger partial charge in [-0.2, -0.15) is 0 Å². The predicted molar refractivity (Wildman–Crippen MR) is 115 cm³/mol. The molecule has 5 aromatic rings. The molecular weight excluding hydrogens is 362 g/mol. The molecule has 5 heteroatoms. The third kappa shape index (κ3) is 2.18. The molecule has 0 atom stereocenters. The second kappa shape index (κ2) is 5.75. The van der Waals surface area contributed by atoms with Crippen LogP contribution in [0.2, 0.25) is 0 Å². The molecule has 0 fully saturated rings. The van der Waals surface area contributed by atoms with Gasteiger partial charge < -0.3 is 4.40 Å². The van der Waals surface area contributed by atoms with Crippen molar-refractivity contribution >= 4 is 44.8 Å². The van der Waals surface area contributed by atoms with Gasteiger partial charge in [-0.05, 0) is 41.5 Å². The van der Waals surface area contributed by atoms with Crippen LogP contribution < -0.4 is 0 Å². The number of nitro benzene ring substituents is 1. The van der Waals surface area contributed by atoms with Crippen molar-refractivity contribution in [1.82, 2.24) is 9.38 Å². The van der Waals surface area contributed by atoms with Gasteiger partial charge in [0.05, 0.1) is 38.2 Å². The molecule has 138 valence electrons. The first-order chi connectivity index (χ1) is 14.2. The Morgan fingerprint density at radius 3 is 2.48 bits per heavy atom. The second-order valence-electron chi connectivity index (χ2n) is 7.29. The van der Waals surface area contributed by atoms with Crippen LogP contribution in [0.4, 0.5) is 5.69 Å². The van der Waals surface area contributed by atoms with E-state index in [0.29, 0.717) is 12.0 Å². The van der Waals surface area contributed by atoms with Crippen LogP contribution in [0.3, 0.4) is 0 Å². The lowest BCUT2D eigenvalue weighted by Crippen LogP contribution is -2.04. The highest BCUT2D eigenvalue weighted by Crippen LogP contribution is 2.40. The highest BCUT2D eigenvalue weighted by atomic mass is 16.6. The van der Waals surface area contributed by atoms with Crippen molar-refractivity contribution in [3.63, 3.8) is 0 Å². The van der Waals surface area contributed by atoms with Gasteiger partial charge in [0.25, 0.3) is 5.69 Å². The lowest BCUT2D eigenvalue weighted by atomic mass is 9.91. The van der Waals surface area contributed by atoms with Crippen LogP contribution in [0.1, 0.15) is 16.8 Å². The third-order valence-electron chi connectivity index (χ3n) is 5.71. The second-order valence-corrected chi connectivity index (χ2v) is 7.29. The number of para-hydroxylation sites is 4. The van der Waals surface area contributed by atoms with E-state index in [2.05, 4.69) is 22.6 Å². The number of nitro groups is 1. The Morgan fingerprint density at radius 1 is 0.897 bits per heavy atom. The van der Waals surface area contributed by atoms with E-state index in [1.54, 1.807) is 12.1 Å². The minimum Gasteiger partial charge on any atom is -0.305 e. The first-order valence-electron chi connectivity index (χ1n) is 9.47. The molecule has 6 rings (SSSR count). The number of hydrogen-bond acceptors (Lipinski definition) is 3. The molecule has 0 saturated heterocycles. The molecular formula is C24H15N3O2. The molecule has 0 radical (unpaired) electrons. The van der Waals surface area contributed by atoms with Crippen molar-refractivity contribution in [3.05, 3.63) is 99.7 Å². The number of rotatable bonds is 2. The summed E-state index contributed by atoms with van der Waals surface area (Å²) in [7, 11) is 0. The highest BCUT2D eigenvalue weighted by Gasteiger charge is 2.25. The molecule has 0 unspecified atom stereocenters. The highest BCUT2D eigenvalue weighted by molar-refractivity contribution is 6.05. The summed E-state index contributed by atoms with van der Waals surface area (Å²) >= 11 is 0. The van der Waals surface area contributed by atoms with Crippen LogP contribution in [0, 0.1) is 10.1 Å². The Bertz CT molecular complexity index is 1510. The van der Waals surface area contributed by atoms with Crippen LogP contribution in [0.25, 0.3) is 39.1 Å². The lowest BCUT2D eigenvalue weighted by molar-refractivity contribution is -0.385. The SMILES string of the molecule is O=[N+]([O-])c1ccccc1C1=Cc2nc3ccccc3n3c2c(c2ccccc23)C1. The normalized spacial score (nSPS) is 13.2. The largest absolute Gasteiger partial charge is 0.305 e. The molecule has 0 N–H and O–H groups in total. The molecule has 0 aliphatic heterocycles. The number of nitrogens with zero attached hydrogens (tertiary/aromatic N) is 3. The molecule has 5 nitrogen and oxygen atoms in total. The summed E-state index contributed by atoms with van der Waals surface area (Å²) in [5.41, 5.74) is 7.93. The lowest BCUT2D eigenvalue weighted by Gasteiger charge is -2.16. The molecule has 0 bridgehead atoms. The van der Waals surface area contributed by atoms with E-state index in [1.807, 2.05) is 48.5 Å². The van der Waals surface area contributed by atoms with Gasteiger partial charge in [-0.15, -0.1) is 0 Å². The number of hydrogen-bond donors (Lipinski definition) is 0. The molecule has 1 aliphatic rings. The minimum absolute atomic E-state index is 0.128. The quantitative estimate of drug-likeness (QED) is 0.295. The van der Waals surface area contributed by atoms with E-state index in [9.17, 15) is 10.1 Å². The average Bonchev–Trinajstić information content (AvgIpc) is 3.10. The van der Waals surface area contributed by atoms with Gasteiger partial charge in [0.1, 0.15) is 0 Å². The maximum Gasteiger partial charge on any atom is 0.276 e. The summed E-state index contributed by atoms with van der Waals surface area (Å²) in [6.07, 6.45) is 2.64. The fourth-order valence-electron chi connectivity index (χ4n) is 4.52. The molecule has 0 amide bonds. The molecule has 0 spiro atoms. The Morgan fingerprint density at radius 2 is 1.62 bits per heavy atom. The first kappa shape index (κ1) is 16.0. The van der Waals surface area contributed by atoms with E-state index in [-0.39, 0.29) is 10.6 Å². The molecule has 2 heterocycles. The Hall–Kier alpha value is -3.99. The third-order valence-corrected chi connectivity index (χ3v) is 5.71. The summed E-state index contributed by atoms with van der Waals surface area (Å²) in [5, 5.41) is 12.8. The summed E-state index contributed by atoms with van der Waals surface area (Å²) in [6.45, 7) is 0. The Balaban J connectivity index is 1.74. The van der Waals surface area contributed by atoms with Crippen molar-refractivity contribution < 1.29 is 4.92 Å². The zero-order chi connectivity index (χ0) is 19.5. The summed E-state index contributed by atoms with van der Waals surface area (Å²) in [6, 6.07) is 23.4. The fraction of sp³-hybridized carbons (Fsp3) is 0.0417. The zero-order valence-corrected chi connectivity index (χ0v) is 15.4. The Kier molecular flexibility index (Phi) is 3.18. The predicted octanol–water partition coefficient (Wildman–Crippen LogP) is 5.65. The minimum atomic E-state index is -0.313. The van der Waals surface area contributed by atoms with E-state index < -0.39 is 0 Å². The van der Waals surface area contributed by atoms with Crippen LogP contribution in [-0.2, 0) is 6.42 Å². The topological polar surface area (TPSA) is 60.4 Å². The number of benzene rings is 3. The molecule has 3 aromatic carbocycles. The maximum atomic E-state index is 11.6. The van der Waals surface area contributed by atoms with Gasteiger partial charge >= 0.3 is 0 Å². The van der Waals surface area contributed by atoms with E-state index in [4.69, 9.17) is 4.98 Å². The van der Waals surface area contributed by atoms with Crippen molar-refractivity contribution in [3.8, 4) is 0 Å². The van der Waals surface area contributed by atoms with Crippen LogP contribution in [0.5, 0.6) is 0 Å². The fourth-order valence-corrected chi connectivity index (χ4v) is 4.52. The van der Waals surface area contributed by atoms with Crippen LogP contribution in [0.15, 0.2) is 72.8 Å². The standard InChI is InChI=1S/C24H15N3O2/c28-27(29)22-11-5-1-7-16(22)15-13-18-17-8-2-4-10-21(17)26-23-12-6-3-9-19(23)25-20(14-15)24(18)26/h1-12,14H,13H2. The summed E-state index contributed by atoms with van der Waals surface area (Å²) in [4.78, 5) is 16.2. The maximum absolute atomic E-state index is 11.6. The number of allylic oxidation sites excluding steroid dienone is 1. The zero-order valence-electron chi connectivity index (χ0n) is 15.4. The van der Waals surface area contributed by atoms with Crippen LogP contribution in [-0.4, -0.2) is 14.3 Å². The van der Waals surface area contributed by atoms with E-state index in [1.165, 1.54) is 5.56 Å². The molecule has 2 aromatic heterocycles.